The molecule has 0 bridgehead atoms. The highest BCUT2D eigenvalue weighted by Gasteiger charge is 2.26. The highest BCUT2D eigenvalue weighted by atomic mass is 35.5. The molecule has 1 aliphatic heterocycles. The van der Waals surface area contributed by atoms with Crippen molar-refractivity contribution >= 4 is 29.7 Å². The fourth-order valence-electron chi connectivity index (χ4n) is 3.05. The van der Waals surface area contributed by atoms with Gasteiger partial charge < -0.3 is 15.5 Å². The predicted octanol–water partition coefficient (Wildman–Crippen LogP) is 2.42. The highest BCUT2D eigenvalue weighted by Crippen LogP contribution is 2.28. The van der Waals surface area contributed by atoms with Gasteiger partial charge in [-0.15, -0.1) is 12.4 Å². The average Bonchev–Trinajstić information content (AvgIpc) is 3.43. The van der Waals surface area contributed by atoms with Gasteiger partial charge in [0.1, 0.15) is 5.69 Å². The van der Waals surface area contributed by atoms with Crippen LogP contribution in [0.2, 0.25) is 0 Å². The zero-order valence-electron chi connectivity index (χ0n) is 14.1. The molecule has 1 aliphatic carbocycles. The number of hydrogen-bond acceptors (Lipinski definition) is 5. The Labute approximate surface area is 153 Å². The fraction of sp³-hybridized carbons (Fsp3) is 0.588. The number of piperidine rings is 1. The number of nitro benzene ring substituents is 1. The Bertz CT molecular complexity index is 601. The van der Waals surface area contributed by atoms with Crippen LogP contribution >= 0.6 is 12.4 Å². The molecule has 0 atom stereocenters. The lowest BCUT2D eigenvalue weighted by Crippen LogP contribution is -2.46. The van der Waals surface area contributed by atoms with Crippen molar-refractivity contribution in [1.82, 2.24) is 10.2 Å². The first-order valence-corrected chi connectivity index (χ1v) is 8.62. The zero-order valence-corrected chi connectivity index (χ0v) is 15.0. The minimum Gasteiger partial charge on any atom is -0.371 e. The molecule has 7 nitrogen and oxygen atoms in total. The summed E-state index contributed by atoms with van der Waals surface area (Å²) in [6, 6.07) is 6.91. The maximum Gasteiger partial charge on any atom is 0.292 e. The van der Waals surface area contributed by atoms with Gasteiger partial charge in [-0.05, 0) is 44.2 Å². The van der Waals surface area contributed by atoms with Crippen LogP contribution in [-0.2, 0) is 4.79 Å². The minimum atomic E-state index is -0.441. The lowest BCUT2D eigenvalue weighted by atomic mass is 10.0. The Hall–Kier alpha value is -1.86. The molecule has 0 radical (unpaired) electrons. The number of nitrogens with one attached hydrogen (secondary N) is 2. The maximum atomic E-state index is 12.3. The topological polar surface area (TPSA) is 87.5 Å². The van der Waals surface area contributed by atoms with Crippen molar-refractivity contribution in [3.63, 3.8) is 0 Å². The van der Waals surface area contributed by atoms with Crippen molar-refractivity contribution in [3.05, 3.63) is 34.4 Å². The molecule has 0 unspecified atom stereocenters. The molecule has 1 saturated heterocycles. The number of carbonyl (C=O) groups is 1. The maximum absolute atomic E-state index is 12.3. The van der Waals surface area contributed by atoms with Crippen LogP contribution in [0.25, 0.3) is 0 Å². The Morgan fingerprint density at radius 3 is 2.52 bits per heavy atom. The molecule has 0 spiro atoms. The number of carbonyl (C=O) groups excluding carboxylic acids is 1. The van der Waals surface area contributed by atoms with Crippen molar-refractivity contribution in [2.75, 3.05) is 31.5 Å². The number of nitrogens with zero attached hydrogens (tertiary/aromatic N) is 2. The van der Waals surface area contributed by atoms with Gasteiger partial charge in [0, 0.05) is 25.2 Å². The first kappa shape index (κ1) is 19.5. The van der Waals surface area contributed by atoms with Crippen LogP contribution in [0.3, 0.4) is 0 Å². The SMILES string of the molecule is Cl.O=C(CNc1ccccc1[N+](=O)[O-])N1CCC(NCC2CC2)CC1. The molecule has 8 heteroatoms. The van der Waals surface area contributed by atoms with E-state index in [4.69, 9.17) is 0 Å². The zero-order chi connectivity index (χ0) is 16.9. The summed E-state index contributed by atoms with van der Waals surface area (Å²) in [5.41, 5.74) is 0.380. The predicted molar refractivity (Wildman–Crippen MR) is 99.2 cm³/mol. The van der Waals surface area contributed by atoms with E-state index in [9.17, 15) is 14.9 Å². The third kappa shape index (κ3) is 5.57. The monoisotopic (exact) mass is 368 g/mol. The van der Waals surface area contributed by atoms with Crippen molar-refractivity contribution < 1.29 is 9.72 Å². The van der Waals surface area contributed by atoms with Gasteiger partial charge in [-0.3, -0.25) is 14.9 Å². The van der Waals surface area contributed by atoms with Crippen LogP contribution in [0.5, 0.6) is 0 Å². The van der Waals surface area contributed by atoms with E-state index in [0.717, 1.165) is 38.4 Å². The first-order valence-electron chi connectivity index (χ1n) is 8.62. The Kier molecular flexibility index (Phi) is 7.01. The molecule has 1 heterocycles. The third-order valence-electron chi connectivity index (χ3n) is 4.77. The molecular weight excluding hydrogens is 344 g/mol. The van der Waals surface area contributed by atoms with Crippen LogP contribution in [0.15, 0.2) is 24.3 Å². The van der Waals surface area contributed by atoms with Gasteiger partial charge in [0.05, 0.1) is 11.5 Å². The second-order valence-electron chi connectivity index (χ2n) is 6.63. The van der Waals surface area contributed by atoms with Gasteiger partial charge >= 0.3 is 0 Å². The smallest absolute Gasteiger partial charge is 0.292 e. The molecule has 2 aliphatic rings. The first-order chi connectivity index (χ1) is 11.6. The molecule has 2 fully saturated rings. The molecule has 1 aromatic carbocycles. The number of rotatable bonds is 7. The standard InChI is InChI=1S/C17H24N4O3.ClH/c22-17(12-19-15-3-1-2-4-16(15)21(23)24)20-9-7-14(8-10-20)18-11-13-5-6-13;/h1-4,13-14,18-19H,5-12H2;1H. The Morgan fingerprint density at radius 1 is 1.20 bits per heavy atom. The third-order valence-corrected chi connectivity index (χ3v) is 4.77. The van der Waals surface area contributed by atoms with Gasteiger partial charge in [-0.1, -0.05) is 12.1 Å². The summed E-state index contributed by atoms with van der Waals surface area (Å²) >= 11 is 0. The van der Waals surface area contributed by atoms with Crippen LogP contribution in [0.4, 0.5) is 11.4 Å². The van der Waals surface area contributed by atoms with Crippen molar-refractivity contribution in [3.8, 4) is 0 Å². The number of likely N-dealkylation sites (tertiary alicyclic amines) is 1. The Morgan fingerprint density at radius 2 is 1.88 bits per heavy atom. The second kappa shape index (κ2) is 9.01. The summed E-state index contributed by atoms with van der Waals surface area (Å²) in [4.78, 5) is 24.7. The van der Waals surface area contributed by atoms with Gasteiger partial charge in [0.2, 0.25) is 5.91 Å². The number of halogens is 1. The van der Waals surface area contributed by atoms with Crippen molar-refractivity contribution in [2.24, 2.45) is 5.92 Å². The lowest BCUT2D eigenvalue weighted by molar-refractivity contribution is -0.383. The van der Waals surface area contributed by atoms with E-state index in [1.807, 2.05) is 4.90 Å². The van der Waals surface area contributed by atoms with Gasteiger partial charge in [0.25, 0.3) is 5.69 Å². The normalized spacial score (nSPS) is 17.7. The van der Waals surface area contributed by atoms with E-state index < -0.39 is 4.92 Å². The van der Waals surface area contributed by atoms with Crippen LogP contribution in [0, 0.1) is 16.0 Å². The Balaban J connectivity index is 0.00000225. The van der Waals surface area contributed by atoms with E-state index in [0.29, 0.717) is 11.7 Å². The molecule has 25 heavy (non-hydrogen) atoms. The summed E-state index contributed by atoms with van der Waals surface area (Å²) in [6.07, 6.45) is 4.65. The molecule has 1 amide bonds. The second-order valence-corrected chi connectivity index (χ2v) is 6.63. The average molecular weight is 369 g/mol. The van der Waals surface area contributed by atoms with Crippen LogP contribution in [0.1, 0.15) is 25.7 Å². The minimum absolute atomic E-state index is 0. The number of anilines is 1. The number of para-hydroxylation sites is 2. The molecule has 3 rings (SSSR count). The van der Waals surface area contributed by atoms with Gasteiger partial charge in [0.15, 0.2) is 0 Å². The highest BCUT2D eigenvalue weighted by molar-refractivity contribution is 5.85. The molecule has 1 saturated carbocycles. The van der Waals surface area contributed by atoms with E-state index in [1.165, 1.54) is 18.9 Å². The number of hydrogen-bond donors (Lipinski definition) is 2. The quantitative estimate of drug-likeness (QED) is 0.570. The van der Waals surface area contributed by atoms with E-state index in [1.54, 1.807) is 18.2 Å². The summed E-state index contributed by atoms with van der Waals surface area (Å²) < 4.78 is 0. The lowest BCUT2D eigenvalue weighted by Gasteiger charge is -2.32. The summed E-state index contributed by atoms with van der Waals surface area (Å²) in [7, 11) is 0. The molecule has 1 aromatic rings. The largest absolute Gasteiger partial charge is 0.371 e. The number of nitro groups is 1. The van der Waals surface area contributed by atoms with Crippen molar-refractivity contribution in [1.29, 1.82) is 0 Å². The van der Waals surface area contributed by atoms with E-state index in [-0.39, 0.29) is 30.5 Å². The molecule has 138 valence electrons. The number of benzene rings is 1. The van der Waals surface area contributed by atoms with Crippen molar-refractivity contribution in [2.45, 2.75) is 31.7 Å². The van der Waals surface area contributed by atoms with Crippen LogP contribution < -0.4 is 10.6 Å². The number of amides is 1. The summed E-state index contributed by atoms with van der Waals surface area (Å²) in [5.74, 6) is 0.865. The van der Waals surface area contributed by atoms with E-state index in [2.05, 4.69) is 10.6 Å². The van der Waals surface area contributed by atoms with E-state index >= 15 is 0 Å². The summed E-state index contributed by atoms with van der Waals surface area (Å²) in [5, 5.41) is 17.5. The summed E-state index contributed by atoms with van der Waals surface area (Å²) in [6.45, 7) is 2.70. The molecular formula is C17H25ClN4O3. The molecule has 2 N–H and O–H groups in total. The van der Waals surface area contributed by atoms with Gasteiger partial charge in [-0.25, -0.2) is 0 Å². The van der Waals surface area contributed by atoms with Crippen LogP contribution in [-0.4, -0.2) is 48.0 Å². The van der Waals surface area contributed by atoms with Gasteiger partial charge in [-0.2, -0.15) is 0 Å². The molecule has 0 aromatic heterocycles. The fourth-order valence-corrected chi connectivity index (χ4v) is 3.05.